The predicted octanol–water partition coefficient (Wildman–Crippen LogP) is 0.00700. The van der Waals surface area contributed by atoms with Crippen LogP contribution in [0.1, 0.15) is 32.4 Å². The Morgan fingerprint density at radius 2 is 2.12 bits per heavy atom. The van der Waals surface area contributed by atoms with Crippen molar-refractivity contribution in [3.8, 4) is 0 Å². The van der Waals surface area contributed by atoms with Crippen LogP contribution in [0.5, 0.6) is 0 Å². The van der Waals surface area contributed by atoms with Crippen LogP contribution in [0.15, 0.2) is 17.1 Å². The maximum Gasteiger partial charge on any atom is 0.508 e. The Morgan fingerprint density at radius 3 is 2.77 bits per heavy atom. The second-order valence-electron chi connectivity index (χ2n) is 5.78. The molecule has 0 aromatic carbocycles. The normalized spacial score (nSPS) is 25.1. The highest BCUT2D eigenvalue weighted by atomic mass is 16.7. The van der Waals surface area contributed by atoms with Crippen LogP contribution in [0.2, 0.25) is 0 Å². The van der Waals surface area contributed by atoms with Crippen LogP contribution in [0, 0.1) is 0 Å². The summed E-state index contributed by atoms with van der Waals surface area (Å²) >= 11 is 0. The highest BCUT2D eigenvalue weighted by Crippen LogP contribution is 2.28. The summed E-state index contributed by atoms with van der Waals surface area (Å²) in [7, 11) is 0. The third-order valence-electron chi connectivity index (χ3n) is 3.89. The molecule has 1 aromatic heterocycles. The van der Waals surface area contributed by atoms with Crippen molar-refractivity contribution < 1.29 is 34.4 Å². The number of rotatable bonds is 8. The molecule has 4 unspecified atom stereocenters. The van der Waals surface area contributed by atoms with Gasteiger partial charge in [-0.05, 0) is 12.5 Å². The number of aromatic nitrogens is 2. The topological polar surface area (TPSA) is 152 Å². The molecule has 0 amide bonds. The van der Waals surface area contributed by atoms with Crippen LogP contribution in [0.4, 0.5) is 10.6 Å². The molecule has 2 rings (SSSR count). The summed E-state index contributed by atoms with van der Waals surface area (Å²) in [4.78, 5) is 26.9. The van der Waals surface area contributed by atoms with Gasteiger partial charge in [0.15, 0.2) is 12.0 Å². The quantitative estimate of drug-likeness (QED) is 0.278. The van der Waals surface area contributed by atoms with Gasteiger partial charge in [0.2, 0.25) is 0 Å². The second kappa shape index (κ2) is 9.48. The van der Waals surface area contributed by atoms with Gasteiger partial charge in [-0.2, -0.15) is 4.98 Å². The molecule has 0 aliphatic carbocycles. The molecule has 146 valence electrons. The van der Waals surface area contributed by atoms with Crippen molar-refractivity contribution in [2.24, 2.45) is 0 Å². The van der Waals surface area contributed by atoms with Crippen LogP contribution >= 0.6 is 0 Å². The van der Waals surface area contributed by atoms with Crippen LogP contribution in [0.25, 0.3) is 0 Å². The Morgan fingerprint density at radius 1 is 1.35 bits per heavy atom. The van der Waals surface area contributed by atoms with Gasteiger partial charge >= 0.3 is 11.8 Å². The van der Waals surface area contributed by atoms with Crippen molar-refractivity contribution >= 4 is 12.0 Å². The van der Waals surface area contributed by atoms with Crippen molar-refractivity contribution in [1.29, 1.82) is 0 Å². The number of aliphatic hydroxyl groups is 2. The van der Waals surface area contributed by atoms with Gasteiger partial charge < -0.3 is 24.4 Å². The lowest BCUT2D eigenvalue weighted by Gasteiger charge is -2.17. The largest absolute Gasteiger partial charge is 0.508 e. The van der Waals surface area contributed by atoms with Crippen LogP contribution in [-0.2, 0) is 14.2 Å². The van der Waals surface area contributed by atoms with Gasteiger partial charge in [0.25, 0.3) is 0 Å². The Labute approximate surface area is 149 Å². The summed E-state index contributed by atoms with van der Waals surface area (Å²) < 4.78 is 16.1. The molecule has 1 aromatic rings. The molecule has 11 heteroatoms. The first-order chi connectivity index (χ1) is 12.5. The number of carbonyl (C=O) groups excluding carboxylic acids is 1. The monoisotopic (exact) mass is 373 g/mol. The van der Waals surface area contributed by atoms with E-state index >= 15 is 0 Å². The van der Waals surface area contributed by atoms with Crippen LogP contribution < -0.4 is 11.2 Å². The van der Waals surface area contributed by atoms with E-state index < -0.39 is 36.4 Å². The van der Waals surface area contributed by atoms with Crippen molar-refractivity contribution in [2.75, 3.05) is 18.7 Å². The first-order valence-corrected chi connectivity index (χ1v) is 8.28. The van der Waals surface area contributed by atoms with Gasteiger partial charge in [0.1, 0.15) is 24.9 Å². The molecule has 2 heterocycles. The standard InChI is InChI=1S/C15H23N3O8/c1-2-3-4-7-24-15(22)25-8-9-11(19)12(20)13(26-9)18-6-5-10(17-23)16-14(18)21/h5-6,9,11-13,19-20,23H,2-4,7-8H2,1H3,(H,16,17,21). The molecule has 0 saturated carbocycles. The van der Waals surface area contributed by atoms with E-state index in [2.05, 4.69) is 4.98 Å². The molecule has 1 aliphatic heterocycles. The van der Waals surface area contributed by atoms with Crippen molar-refractivity contribution in [3.05, 3.63) is 22.7 Å². The summed E-state index contributed by atoms with van der Waals surface area (Å²) in [5, 5.41) is 28.9. The zero-order valence-corrected chi connectivity index (χ0v) is 14.3. The number of nitrogens with one attached hydrogen (secondary N) is 1. The Kier molecular flexibility index (Phi) is 7.33. The van der Waals surface area contributed by atoms with E-state index in [0.717, 1.165) is 23.8 Å². The zero-order chi connectivity index (χ0) is 19.1. The van der Waals surface area contributed by atoms with Crippen molar-refractivity contribution in [2.45, 2.75) is 50.7 Å². The molecule has 0 radical (unpaired) electrons. The van der Waals surface area contributed by atoms with Crippen LogP contribution in [0.3, 0.4) is 0 Å². The van der Waals surface area contributed by atoms with E-state index in [-0.39, 0.29) is 19.0 Å². The van der Waals surface area contributed by atoms with Crippen molar-refractivity contribution in [3.63, 3.8) is 0 Å². The Hall–Kier alpha value is -2.21. The van der Waals surface area contributed by atoms with Gasteiger partial charge in [-0.15, -0.1) is 0 Å². The number of ether oxygens (including phenoxy) is 3. The molecular weight excluding hydrogens is 350 g/mol. The van der Waals surface area contributed by atoms with E-state index in [4.69, 9.17) is 19.4 Å². The second-order valence-corrected chi connectivity index (χ2v) is 5.78. The lowest BCUT2D eigenvalue weighted by atomic mass is 10.1. The Bertz CT molecular complexity index is 652. The molecule has 4 N–H and O–H groups in total. The molecule has 1 aliphatic rings. The maximum absolute atomic E-state index is 11.9. The fourth-order valence-electron chi connectivity index (χ4n) is 2.46. The smallest absolute Gasteiger partial charge is 0.434 e. The van der Waals surface area contributed by atoms with Gasteiger partial charge in [0.05, 0.1) is 6.61 Å². The molecule has 4 atom stereocenters. The zero-order valence-electron chi connectivity index (χ0n) is 14.3. The molecule has 1 saturated heterocycles. The highest BCUT2D eigenvalue weighted by Gasteiger charge is 2.44. The highest BCUT2D eigenvalue weighted by molar-refractivity contribution is 5.59. The fraction of sp³-hybridized carbons (Fsp3) is 0.667. The molecular formula is C15H23N3O8. The molecule has 11 nitrogen and oxygen atoms in total. The average molecular weight is 373 g/mol. The van der Waals surface area contributed by atoms with E-state index in [1.807, 2.05) is 6.92 Å². The van der Waals surface area contributed by atoms with Crippen LogP contribution in [-0.4, -0.2) is 62.7 Å². The number of anilines is 1. The van der Waals surface area contributed by atoms with Gasteiger partial charge in [0, 0.05) is 6.20 Å². The van der Waals surface area contributed by atoms with E-state index in [1.54, 1.807) is 5.48 Å². The minimum absolute atomic E-state index is 0.0787. The predicted molar refractivity (Wildman–Crippen MR) is 86.7 cm³/mol. The third-order valence-corrected chi connectivity index (χ3v) is 3.89. The molecule has 0 spiro atoms. The first kappa shape index (κ1) is 20.1. The Balaban J connectivity index is 1.91. The number of nitrogens with zero attached hydrogens (tertiary/aromatic N) is 2. The minimum atomic E-state index is -1.43. The number of carbonyl (C=O) groups is 1. The van der Waals surface area contributed by atoms with E-state index in [1.165, 1.54) is 12.3 Å². The minimum Gasteiger partial charge on any atom is -0.434 e. The number of hydrogen-bond acceptors (Lipinski definition) is 10. The summed E-state index contributed by atoms with van der Waals surface area (Å²) in [6.07, 6.45) is -2.09. The number of aliphatic hydroxyl groups excluding tert-OH is 2. The summed E-state index contributed by atoms with van der Waals surface area (Å²) in [5.41, 5.74) is 0.915. The lowest BCUT2D eigenvalue weighted by molar-refractivity contribution is -0.0642. The average Bonchev–Trinajstić information content (AvgIpc) is 2.91. The van der Waals surface area contributed by atoms with Gasteiger partial charge in [-0.1, -0.05) is 19.8 Å². The van der Waals surface area contributed by atoms with Gasteiger partial charge in [-0.3, -0.25) is 15.3 Å². The third kappa shape index (κ3) is 4.91. The van der Waals surface area contributed by atoms with Crippen molar-refractivity contribution in [1.82, 2.24) is 9.55 Å². The number of hydrogen-bond donors (Lipinski definition) is 4. The molecule has 0 bridgehead atoms. The fourth-order valence-corrected chi connectivity index (χ4v) is 2.46. The van der Waals surface area contributed by atoms with E-state index in [0.29, 0.717) is 0 Å². The summed E-state index contributed by atoms with van der Waals surface area (Å²) in [6, 6.07) is 1.28. The molecule has 26 heavy (non-hydrogen) atoms. The summed E-state index contributed by atoms with van der Waals surface area (Å²) in [6.45, 7) is 1.91. The molecule has 1 fully saturated rings. The first-order valence-electron chi connectivity index (χ1n) is 8.28. The lowest BCUT2D eigenvalue weighted by Crippen LogP contribution is -2.36. The summed E-state index contributed by atoms with van der Waals surface area (Å²) in [5.74, 6) is -0.0787. The SMILES string of the molecule is CCCCCOC(=O)OCC1OC(n2ccc(NO)nc2=O)C(O)C1O. The van der Waals surface area contributed by atoms with Gasteiger partial charge in [-0.25, -0.2) is 9.59 Å². The van der Waals surface area contributed by atoms with E-state index in [9.17, 15) is 19.8 Å². The number of unbranched alkanes of at least 4 members (excludes halogenated alkanes) is 2. The maximum atomic E-state index is 11.9.